The van der Waals surface area contributed by atoms with Gasteiger partial charge in [-0.15, -0.1) is 0 Å². The lowest BCUT2D eigenvalue weighted by molar-refractivity contribution is 0.570. The van der Waals surface area contributed by atoms with Gasteiger partial charge in [0.05, 0.1) is 0 Å². The summed E-state index contributed by atoms with van der Waals surface area (Å²) in [6.45, 7) is 5.34. The van der Waals surface area contributed by atoms with E-state index in [1.165, 1.54) is 23.4 Å². The minimum absolute atomic E-state index is 0.167. The second-order valence-electron chi connectivity index (χ2n) is 4.78. The quantitative estimate of drug-likeness (QED) is 0.799. The van der Waals surface area contributed by atoms with Crippen molar-refractivity contribution in [1.29, 1.82) is 0 Å². The maximum Gasteiger partial charge on any atom is 0.137 e. The van der Waals surface area contributed by atoms with E-state index in [1.807, 2.05) is 6.07 Å². The monoisotopic (exact) mass is 289 g/mol. The molecule has 2 rings (SSSR count). The summed E-state index contributed by atoms with van der Waals surface area (Å²) in [6, 6.07) is 15.5. The van der Waals surface area contributed by atoms with Gasteiger partial charge in [-0.1, -0.05) is 43.0 Å². The average Bonchev–Trinajstić information content (AvgIpc) is 2.48. The molecule has 0 spiro atoms. The highest BCUT2D eigenvalue weighted by atomic mass is 32.2. The van der Waals surface area contributed by atoms with Gasteiger partial charge in [0.15, 0.2) is 0 Å². The van der Waals surface area contributed by atoms with Gasteiger partial charge < -0.3 is 5.32 Å². The van der Waals surface area contributed by atoms with Crippen molar-refractivity contribution in [2.75, 3.05) is 6.54 Å². The zero-order valence-electron chi connectivity index (χ0n) is 11.9. The Kier molecular flexibility index (Phi) is 5.62. The van der Waals surface area contributed by atoms with E-state index in [-0.39, 0.29) is 5.82 Å². The molecule has 1 nitrogen and oxygen atoms in total. The molecule has 0 aliphatic heterocycles. The first-order chi connectivity index (χ1) is 9.70. The maximum atomic E-state index is 13.6. The summed E-state index contributed by atoms with van der Waals surface area (Å²) in [5, 5.41) is 3.46. The van der Waals surface area contributed by atoms with Crippen LogP contribution >= 0.6 is 11.8 Å². The molecule has 0 saturated carbocycles. The predicted molar refractivity (Wildman–Crippen MR) is 83.7 cm³/mol. The highest BCUT2D eigenvalue weighted by Gasteiger charge is 2.06. The summed E-state index contributed by atoms with van der Waals surface area (Å²) < 4.78 is 13.6. The van der Waals surface area contributed by atoms with Gasteiger partial charge in [0.1, 0.15) is 5.82 Å². The first-order valence-electron chi connectivity index (χ1n) is 6.96. The fourth-order valence-corrected chi connectivity index (χ4v) is 2.80. The zero-order valence-corrected chi connectivity index (χ0v) is 12.7. The van der Waals surface area contributed by atoms with Crippen LogP contribution in [0.3, 0.4) is 0 Å². The van der Waals surface area contributed by atoms with Crippen molar-refractivity contribution in [3.05, 3.63) is 59.9 Å². The third kappa shape index (κ3) is 4.09. The Morgan fingerprint density at radius 1 is 1.10 bits per heavy atom. The Hall–Kier alpha value is -1.32. The molecule has 0 bridgehead atoms. The Balaban J connectivity index is 2.03. The largest absolute Gasteiger partial charge is 0.310 e. The predicted octanol–water partition coefficient (Wildman–Crippen LogP) is 5.04. The molecule has 3 heteroatoms. The topological polar surface area (TPSA) is 12.0 Å². The normalized spacial score (nSPS) is 12.3. The average molecular weight is 289 g/mol. The van der Waals surface area contributed by atoms with Crippen LogP contribution in [0.25, 0.3) is 0 Å². The molecule has 1 atom stereocenters. The second kappa shape index (κ2) is 7.46. The number of halogens is 1. The van der Waals surface area contributed by atoms with Gasteiger partial charge in [-0.2, -0.15) is 0 Å². The van der Waals surface area contributed by atoms with Crippen LogP contribution in [0.4, 0.5) is 4.39 Å². The molecule has 2 aromatic rings. The van der Waals surface area contributed by atoms with Crippen LogP contribution in [-0.2, 0) is 0 Å². The second-order valence-corrected chi connectivity index (χ2v) is 5.89. The lowest BCUT2D eigenvalue weighted by Gasteiger charge is -2.14. The smallest absolute Gasteiger partial charge is 0.137 e. The molecule has 106 valence electrons. The molecular formula is C17H20FNS. The Morgan fingerprint density at radius 3 is 2.45 bits per heavy atom. The maximum absolute atomic E-state index is 13.6. The van der Waals surface area contributed by atoms with Crippen molar-refractivity contribution >= 4 is 11.8 Å². The van der Waals surface area contributed by atoms with E-state index in [4.69, 9.17) is 0 Å². The van der Waals surface area contributed by atoms with Gasteiger partial charge in [-0.3, -0.25) is 0 Å². The van der Waals surface area contributed by atoms with E-state index in [2.05, 4.69) is 43.4 Å². The van der Waals surface area contributed by atoms with Crippen LogP contribution in [0.1, 0.15) is 31.9 Å². The van der Waals surface area contributed by atoms with Gasteiger partial charge in [-0.05, 0) is 49.7 Å². The van der Waals surface area contributed by atoms with Crippen molar-refractivity contribution < 1.29 is 4.39 Å². The van der Waals surface area contributed by atoms with Crippen LogP contribution in [-0.4, -0.2) is 6.54 Å². The minimum atomic E-state index is -0.167. The highest BCUT2D eigenvalue weighted by Crippen LogP contribution is 2.30. The van der Waals surface area contributed by atoms with Crippen LogP contribution in [0, 0.1) is 5.82 Å². The number of hydrogen-bond donors (Lipinski definition) is 1. The van der Waals surface area contributed by atoms with Crippen LogP contribution < -0.4 is 5.32 Å². The molecule has 0 aliphatic rings. The summed E-state index contributed by atoms with van der Waals surface area (Å²) in [5.41, 5.74) is 1.26. The van der Waals surface area contributed by atoms with Crippen LogP contribution in [0.5, 0.6) is 0 Å². The summed E-state index contributed by atoms with van der Waals surface area (Å²) in [4.78, 5) is 1.72. The van der Waals surface area contributed by atoms with Gasteiger partial charge >= 0.3 is 0 Å². The molecule has 0 radical (unpaired) electrons. The first kappa shape index (κ1) is 15.1. The van der Waals surface area contributed by atoms with Crippen molar-refractivity contribution in [3.63, 3.8) is 0 Å². The fourth-order valence-electron chi connectivity index (χ4n) is 1.96. The van der Waals surface area contributed by atoms with Gasteiger partial charge in [0.2, 0.25) is 0 Å². The molecule has 0 aromatic heterocycles. The Bertz CT molecular complexity index is 539. The first-order valence-corrected chi connectivity index (χ1v) is 7.78. The lowest BCUT2D eigenvalue weighted by Crippen LogP contribution is -2.19. The molecule has 20 heavy (non-hydrogen) atoms. The summed E-state index contributed by atoms with van der Waals surface area (Å²) >= 11 is 1.46. The van der Waals surface area contributed by atoms with E-state index < -0.39 is 0 Å². The van der Waals surface area contributed by atoms with E-state index in [9.17, 15) is 4.39 Å². The Labute approximate surface area is 124 Å². The molecule has 0 amide bonds. The van der Waals surface area contributed by atoms with Crippen LogP contribution in [0.15, 0.2) is 58.3 Å². The third-order valence-electron chi connectivity index (χ3n) is 3.15. The van der Waals surface area contributed by atoms with Gasteiger partial charge in [0, 0.05) is 15.8 Å². The van der Waals surface area contributed by atoms with E-state index in [0.717, 1.165) is 17.9 Å². The van der Waals surface area contributed by atoms with E-state index in [0.29, 0.717) is 10.9 Å². The van der Waals surface area contributed by atoms with Crippen molar-refractivity contribution in [2.24, 2.45) is 0 Å². The summed E-state index contributed by atoms with van der Waals surface area (Å²) in [5.74, 6) is -0.167. The van der Waals surface area contributed by atoms with Crippen molar-refractivity contribution in [3.8, 4) is 0 Å². The number of rotatable bonds is 6. The zero-order chi connectivity index (χ0) is 14.4. The van der Waals surface area contributed by atoms with E-state index >= 15 is 0 Å². The molecule has 0 heterocycles. The van der Waals surface area contributed by atoms with Crippen LogP contribution in [0.2, 0.25) is 0 Å². The van der Waals surface area contributed by atoms with E-state index in [1.54, 1.807) is 12.1 Å². The SMILES string of the molecule is CCCNC(C)c1ccc(Sc2ccccc2F)cc1. The number of benzene rings is 2. The third-order valence-corrected chi connectivity index (χ3v) is 4.20. The lowest BCUT2D eigenvalue weighted by atomic mass is 10.1. The number of hydrogen-bond acceptors (Lipinski definition) is 2. The molecule has 0 aliphatic carbocycles. The van der Waals surface area contributed by atoms with Gasteiger partial charge in [0.25, 0.3) is 0 Å². The molecule has 1 unspecified atom stereocenters. The van der Waals surface area contributed by atoms with Crippen molar-refractivity contribution in [2.45, 2.75) is 36.1 Å². The Morgan fingerprint density at radius 2 is 1.80 bits per heavy atom. The molecule has 0 saturated heterocycles. The van der Waals surface area contributed by atoms with Crippen molar-refractivity contribution in [1.82, 2.24) is 5.32 Å². The minimum Gasteiger partial charge on any atom is -0.310 e. The molecular weight excluding hydrogens is 269 g/mol. The highest BCUT2D eigenvalue weighted by molar-refractivity contribution is 7.99. The summed E-state index contributed by atoms with van der Waals surface area (Å²) in [7, 11) is 0. The molecule has 2 aromatic carbocycles. The fraction of sp³-hybridized carbons (Fsp3) is 0.294. The number of nitrogens with one attached hydrogen (secondary N) is 1. The standard InChI is InChI=1S/C17H20FNS/c1-3-12-19-13(2)14-8-10-15(11-9-14)20-17-7-5-4-6-16(17)18/h4-11,13,19H,3,12H2,1-2H3. The van der Waals surface area contributed by atoms with Gasteiger partial charge in [-0.25, -0.2) is 4.39 Å². The molecule has 1 N–H and O–H groups in total. The molecule has 0 fully saturated rings. The summed E-state index contributed by atoms with van der Waals surface area (Å²) in [6.07, 6.45) is 1.13.